The minimum Gasteiger partial charge on any atom is -0.371 e. The fourth-order valence-corrected chi connectivity index (χ4v) is 1.84. The molecule has 0 radical (unpaired) electrons. The van der Waals surface area contributed by atoms with Crippen molar-refractivity contribution in [1.29, 1.82) is 0 Å². The van der Waals surface area contributed by atoms with Gasteiger partial charge in [0, 0.05) is 6.54 Å². The van der Waals surface area contributed by atoms with Crippen LogP contribution >= 0.6 is 0 Å². The summed E-state index contributed by atoms with van der Waals surface area (Å²) in [5.74, 6) is 1.68. The molecule has 0 rings (SSSR count). The topological polar surface area (TPSA) is 21.3 Å². The van der Waals surface area contributed by atoms with Crippen molar-refractivity contribution < 1.29 is 17.9 Å². The highest BCUT2D eigenvalue weighted by Gasteiger charge is 2.27. The largest absolute Gasteiger partial charge is 0.411 e. The van der Waals surface area contributed by atoms with Crippen LogP contribution in [0.1, 0.15) is 27.7 Å². The second-order valence-electron chi connectivity index (χ2n) is 5.02. The third-order valence-electron chi connectivity index (χ3n) is 2.78. The fraction of sp³-hybridized carbons (Fsp3) is 1.00. The van der Waals surface area contributed by atoms with Gasteiger partial charge < -0.3 is 10.1 Å². The third-order valence-corrected chi connectivity index (χ3v) is 2.78. The summed E-state index contributed by atoms with van der Waals surface area (Å²) in [7, 11) is 0. The van der Waals surface area contributed by atoms with Crippen LogP contribution in [0.2, 0.25) is 0 Å². The Labute approximate surface area is 102 Å². The van der Waals surface area contributed by atoms with Crippen LogP contribution in [-0.2, 0) is 4.74 Å². The quantitative estimate of drug-likeness (QED) is 0.673. The smallest absolute Gasteiger partial charge is 0.371 e. The summed E-state index contributed by atoms with van der Waals surface area (Å²) in [4.78, 5) is 0. The number of hydrogen-bond donors (Lipinski definition) is 1. The molecule has 0 bridgehead atoms. The van der Waals surface area contributed by atoms with Gasteiger partial charge in [0.1, 0.15) is 6.61 Å². The SMILES string of the molecule is CC(C)C(CNCCOCC(F)(F)F)C(C)C. The van der Waals surface area contributed by atoms with E-state index in [0.29, 0.717) is 24.3 Å². The summed E-state index contributed by atoms with van der Waals surface area (Å²) < 4.78 is 39.8. The predicted molar refractivity (Wildman–Crippen MR) is 62.9 cm³/mol. The first-order chi connectivity index (χ1) is 7.74. The van der Waals surface area contributed by atoms with Crippen molar-refractivity contribution in [3.05, 3.63) is 0 Å². The van der Waals surface area contributed by atoms with Crippen LogP contribution in [0.25, 0.3) is 0 Å². The molecule has 0 aliphatic heterocycles. The van der Waals surface area contributed by atoms with Crippen LogP contribution in [0.4, 0.5) is 13.2 Å². The lowest BCUT2D eigenvalue weighted by atomic mass is 9.85. The minimum absolute atomic E-state index is 0.0996. The molecular formula is C12H24F3NO. The van der Waals surface area contributed by atoms with Crippen LogP contribution in [0.3, 0.4) is 0 Å². The number of rotatable bonds is 8. The average molecular weight is 255 g/mol. The Balaban J connectivity index is 3.56. The van der Waals surface area contributed by atoms with Gasteiger partial charge in [0.15, 0.2) is 0 Å². The number of ether oxygens (including phenoxy) is 1. The van der Waals surface area contributed by atoms with E-state index in [9.17, 15) is 13.2 Å². The Morgan fingerprint density at radius 2 is 1.59 bits per heavy atom. The predicted octanol–water partition coefficient (Wildman–Crippen LogP) is 3.08. The minimum atomic E-state index is -4.22. The molecule has 0 amide bonds. The average Bonchev–Trinajstić information content (AvgIpc) is 2.13. The molecule has 0 aromatic rings. The Kier molecular flexibility index (Phi) is 7.79. The maximum absolute atomic E-state index is 11.8. The highest BCUT2D eigenvalue weighted by atomic mass is 19.4. The van der Waals surface area contributed by atoms with Crippen LogP contribution in [-0.4, -0.2) is 32.5 Å². The van der Waals surface area contributed by atoms with Crippen molar-refractivity contribution in [3.8, 4) is 0 Å². The Morgan fingerprint density at radius 3 is 2.00 bits per heavy atom. The molecule has 1 N–H and O–H groups in total. The molecule has 0 atom stereocenters. The van der Waals surface area contributed by atoms with Crippen molar-refractivity contribution in [3.63, 3.8) is 0 Å². The molecule has 0 aliphatic carbocycles. The summed E-state index contributed by atoms with van der Waals surface area (Å²) >= 11 is 0. The van der Waals surface area contributed by atoms with Crippen LogP contribution in [0, 0.1) is 17.8 Å². The van der Waals surface area contributed by atoms with Gasteiger partial charge in [0.25, 0.3) is 0 Å². The van der Waals surface area contributed by atoms with Gasteiger partial charge in [-0.25, -0.2) is 0 Å². The first-order valence-corrected chi connectivity index (χ1v) is 6.09. The second kappa shape index (κ2) is 7.93. The molecule has 0 saturated carbocycles. The van der Waals surface area contributed by atoms with Gasteiger partial charge in [0.2, 0.25) is 0 Å². The molecule has 0 fully saturated rings. The van der Waals surface area contributed by atoms with Crippen molar-refractivity contribution >= 4 is 0 Å². The van der Waals surface area contributed by atoms with E-state index in [1.54, 1.807) is 0 Å². The van der Waals surface area contributed by atoms with E-state index < -0.39 is 12.8 Å². The van der Waals surface area contributed by atoms with E-state index >= 15 is 0 Å². The lowest BCUT2D eigenvalue weighted by Gasteiger charge is -2.25. The monoisotopic (exact) mass is 255 g/mol. The van der Waals surface area contributed by atoms with Gasteiger partial charge in [-0.1, -0.05) is 27.7 Å². The van der Waals surface area contributed by atoms with E-state index in [4.69, 9.17) is 0 Å². The zero-order chi connectivity index (χ0) is 13.5. The highest BCUT2D eigenvalue weighted by Crippen LogP contribution is 2.19. The molecule has 0 heterocycles. The number of alkyl halides is 3. The number of hydrogen-bond acceptors (Lipinski definition) is 2. The summed E-state index contributed by atoms with van der Waals surface area (Å²) in [6.45, 7) is 8.86. The summed E-state index contributed by atoms with van der Waals surface area (Å²) in [6.07, 6.45) is -4.22. The highest BCUT2D eigenvalue weighted by molar-refractivity contribution is 4.69. The maximum atomic E-state index is 11.8. The lowest BCUT2D eigenvalue weighted by Crippen LogP contribution is -2.32. The van der Waals surface area contributed by atoms with Gasteiger partial charge in [0.05, 0.1) is 6.61 Å². The maximum Gasteiger partial charge on any atom is 0.411 e. The Bertz CT molecular complexity index is 185. The lowest BCUT2D eigenvalue weighted by molar-refractivity contribution is -0.173. The van der Waals surface area contributed by atoms with Crippen molar-refractivity contribution in [2.75, 3.05) is 26.3 Å². The van der Waals surface area contributed by atoms with Gasteiger partial charge in [-0.3, -0.25) is 0 Å². The Morgan fingerprint density at radius 1 is 1.06 bits per heavy atom. The summed E-state index contributed by atoms with van der Waals surface area (Å²) in [5, 5.41) is 3.14. The number of nitrogens with one attached hydrogen (secondary N) is 1. The first-order valence-electron chi connectivity index (χ1n) is 6.09. The molecular weight excluding hydrogens is 231 g/mol. The van der Waals surface area contributed by atoms with Gasteiger partial charge in [-0.05, 0) is 24.3 Å². The molecule has 0 aromatic carbocycles. The molecule has 5 heteroatoms. The third kappa shape index (κ3) is 9.41. The summed E-state index contributed by atoms with van der Waals surface area (Å²) in [6, 6.07) is 0. The molecule has 17 heavy (non-hydrogen) atoms. The van der Waals surface area contributed by atoms with Crippen LogP contribution in [0.15, 0.2) is 0 Å². The van der Waals surface area contributed by atoms with Gasteiger partial charge >= 0.3 is 6.18 Å². The molecule has 0 aliphatic rings. The van der Waals surface area contributed by atoms with Crippen LogP contribution in [0.5, 0.6) is 0 Å². The standard InChI is InChI=1S/C12H24F3NO/c1-9(2)11(10(3)4)7-16-5-6-17-8-12(13,14)15/h9-11,16H,5-8H2,1-4H3. The van der Waals surface area contributed by atoms with E-state index in [0.717, 1.165) is 6.54 Å². The Hall–Kier alpha value is -0.290. The van der Waals surface area contributed by atoms with Gasteiger partial charge in [-0.2, -0.15) is 13.2 Å². The van der Waals surface area contributed by atoms with E-state index in [1.165, 1.54) is 0 Å². The van der Waals surface area contributed by atoms with E-state index in [2.05, 4.69) is 37.7 Å². The van der Waals surface area contributed by atoms with Crippen molar-refractivity contribution in [2.24, 2.45) is 17.8 Å². The van der Waals surface area contributed by atoms with Gasteiger partial charge in [-0.15, -0.1) is 0 Å². The zero-order valence-corrected chi connectivity index (χ0v) is 11.1. The molecule has 0 unspecified atom stereocenters. The molecule has 2 nitrogen and oxygen atoms in total. The molecule has 104 valence electrons. The first kappa shape index (κ1) is 16.7. The van der Waals surface area contributed by atoms with E-state index in [-0.39, 0.29) is 6.61 Å². The van der Waals surface area contributed by atoms with E-state index in [1.807, 2.05) is 0 Å². The molecule has 0 saturated heterocycles. The fourth-order valence-electron chi connectivity index (χ4n) is 1.84. The zero-order valence-electron chi connectivity index (χ0n) is 11.1. The molecule has 0 spiro atoms. The van der Waals surface area contributed by atoms with Crippen molar-refractivity contribution in [1.82, 2.24) is 5.32 Å². The summed E-state index contributed by atoms with van der Waals surface area (Å²) in [5.41, 5.74) is 0. The van der Waals surface area contributed by atoms with Crippen LogP contribution < -0.4 is 5.32 Å². The van der Waals surface area contributed by atoms with Crippen molar-refractivity contribution in [2.45, 2.75) is 33.9 Å². The molecule has 0 aromatic heterocycles. The number of halogens is 3. The normalized spacial score (nSPS) is 13.1. The second-order valence-corrected chi connectivity index (χ2v) is 5.02.